The molecule has 0 unspecified atom stereocenters. The van der Waals surface area contributed by atoms with Gasteiger partial charge in [0.2, 0.25) is 0 Å². The van der Waals surface area contributed by atoms with Crippen molar-refractivity contribution in [3.8, 4) is 5.75 Å². The summed E-state index contributed by atoms with van der Waals surface area (Å²) >= 11 is 5.92. The molecule has 23 heavy (non-hydrogen) atoms. The third-order valence-electron chi connectivity index (χ3n) is 2.84. The summed E-state index contributed by atoms with van der Waals surface area (Å²) in [4.78, 5) is 11.9. The number of nitrogens with one attached hydrogen (secondary N) is 1. The summed E-state index contributed by atoms with van der Waals surface area (Å²) in [6.45, 7) is -0.444. The van der Waals surface area contributed by atoms with Crippen LogP contribution in [0, 0.1) is 5.82 Å². The van der Waals surface area contributed by atoms with Crippen LogP contribution in [0.5, 0.6) is 5.75 Å². The highest BCUT2D eigenvalue weighted by Gasteiger charge is 2.13. The number of carbonyl (C=O) groups is 1. The normalized spacial score (nSPS) is 11.1. The molecule has 2 aromatic rings. The van der Waals surface area contributed by atoms with Crippen molar-refractivity contribution >= 4 is 33.0 Å². The highest BCUT2D eigenvalue weighted by Crippen LogP contribution is 2.25. The van der Waals surface area contributed by atoms with Gasteiger partial charge in [0, 0.05) is 6.26 Å². The van der Waals surface area contributed by atoms with Gasteiger partial charge in [-0.1, -0.05) is 23.7 Å². The number of carbonyl (C=O) groups excluding carboxylic acids is 1. The lowest BCUT2D eigenvalue weighted by Crippen LogP contribution is -2.20. The van der Waals surface area contributed by atoms with Crippen molar-refractivity contribution in [3.63, 3.8) is 0 Å². The van der Waals surface area contributed by atoms with E-state index in [0.29, 0.717) is 0 Å². The highest BCUT2D eigenvalue weighted by atomic mass is 35.5. The zero-order chi connectivity index (χ0) is 17.0. The highest BCUT2D eigenvalue weighted by molar-refractivity contribution is 7.90. The Balaban J connectivity index is 2.07. The number of rotatable bonds is 5. The molecule has 0 saturated heterocycles. The fraction of sp³-hybridized carbons (Fsp3) is 0.133. The molecule has 0 heterocycles. The molecule has 122 valence electrons. The summed E-state index contributed by atoms with van der Waals surface area (Å²) in [6.07, 6.45) is 1.04. The SMILES string of the molecule is CS(=O)(=O)c1ccc(Cl)c(NC(=O)COc2ccccc2F)c1. The molecule has 1 N–H and O–H groups in total. The fourth-order valence-electron chi connectivity index (χ4n) is 1.72. The Hall–Kier alpha value is -2.12. The first-order valence-corrected chi connectivity index (χ1v) is 8.71. The van der Waals surface area contributed by atoms with E-state index in [9.17, 15) is 17.6 Å². The van der Waals surface area contributed by atoms with E-state index >= 15 is 0 Å². The molecule has 0 aliphatic rings. The van der Waals surface area contributed by atoms with E-state index in [-0.39, 0.29) is 21.4 Å². The molecule has 0 saturated carbocycles. The topological polar surface area (TPSA) is 72.5 Å². The van der Waals surface area contributed by atoms with Crippen LogP contribution < -0.4 is 10.1 Å². The number of para-hydroxylation sites is 1. The van der Waals surface area contributed by atoms with Gasteiger partial charge in [-0.25, -0.2) is 12.8 Å². The van der Waals surface area contributed by atoms with Crippen molar-refractivity contribution < 1.29 is 22.3 Å². The lowest BCUT2D eigenvalue weighted by atomic mass is 10.3. The van der Waals surface area contributed by atoms with Gasteiger partial charge in [-0.2, -0.15) is 0 Å². The Morgan fingerprint density at radius 3 is 2.61 bits per heavy atom. The monoisotopic (exact) mass is 357 g/mol. The van der Waals surface area contributed by atoms with Gasteiger partial charge in [0.05, 0.1) is 15.6 Å². The number of sulfone groups is 1. The van der Waals surface area contributed by atoms with E-state index in [0.717, 1.165) is 6.26 Å². The Morgan fingerprint density at radius 2 is 1.96 bits per heavy atom. The number of anilines is 1. The van der Waals surface area contributed by atoms with Crippen LogP contribution >= 0.6 is 11.6 Å². The molecule has 0 bridgehead atoms. The van der Waals surface area contributed by atoms with E-state index < -0.39 is 28.2 Å². The molecule has 0 fully saturated rings. The molecule has 0 radical (unpaired) electrons. The lowest BCUT2D eigenvalue weighted by molar-refractivity contribution is -0.118. The maximum atomic E-state index is 13.4. The average molecular weight is 358 g/mol. The summed E-state index contributed by atoms with van der Waals surface area (Å²) in [5, 5.41) is 2.61. The van der Waals surface area contributed by atoms with Gasteiger partial charge in [0.15, 0.2) is 28.0 Å². The second-order valence-electron chi connectivity index (χ2n) is 4.68. The van der Waals surface area contributed by atoms with Crippen LogP contribution in [0.2, 0.25) is 5.02 Å². The minimum atomic E-state index is -3.43. The number of halogens is 2. The molecule has 5 nitrogen and oxygen atoms in total. The van der Waals surface area contributed by atoms with Crippen LogP contribution in [0.1, 0.15) is 0 Å². The van der Waals surface area contributed by atoms with E-state index in [1.54, 1.807) is 6.07 Å². The van der Waals surface area contributed by atoms with Gasteiger partial charge in [-0.3, -0.25) is 4.79 Å². The fourth-order valence-corrected chi connectivity index (χ4v) is 2.53. The van der Waals surface area contributed by atoms with Crippen molar-refractivity contribution in [2.24, 2.45) is 0 Å². The Kier molecular flexibility index (Phi) is 5.23. The smallest absolute Gasteiger partial charge is 0.262 e. The van der Waals surface area contributed by atoms with Gasteiger partial charge in [0.1, 0.15) is 0 Å². The number of benzene rings is 2. The summed E-state index contributed by atoms with van der Waals surface area (Å²) in [6, 6.07) is 9.62. The largest absolute Gasteiger partial charge is 0.481 e. The van der Waals surface area contributed by atoms with Crippen molar-refractivity contribution in [3.05, 3.63) is 53.3 Å². The van der Waals surface area contributed by atoms with E-state index in [4.69, 9.17) is 16.3 Å². The molecule has 0 aliphatic carbocycles. The van der Waals surface area contributed by atoms with Gasteiger partial charge < -0.3 is 10.1 Å². The minimum absolute atomic E-state index is 0.0206. The maximum Gasteiger partial charge on any atom is 0.262 e. The molecule has 2 rings (SSSR count). The molecule has 2 aromatic carbocycles. The molecule has 1 amide bonds. The second-order valence-corrected chi connectivity index (χ2v) is 7.10. The van der Waals surface area contributed by atoms with Gasteiger partial charge in [0.25, 0.3) is 5.91 Å². The average Bonchev–Trinajstić information content (AvgIpc) is 2.47. The quantitative estimate of drug-likeness (QED) is 0.893. The van der Waals surface area contributed by atoms with E-state index in [2.05, 4.69) is 5.32 Å². The molecule has 0 aromatic heterocycles. The standard InChI is InChI=1S/C15H13ClFNO4S/c1-23(20,21)10-6-7-11(16)13(8-10)18-15(19)9-22-14-5-3-2-4-12(14)17/h2-8H,9H2,1H3,(H,18,19). The first-order valence-electron chi connectivity index (χ1n) is 6.44. The second kappa shape index (κ2) is 6.97. The van der Waals surface area contributed by atoms with E-state index in [1.165, 1.54) is 36.4 Å². The zero-order valence-electron chi connectivity index (χ0n) is 12.0. The number of amides is 1. The third-order valence-corrected chi connectivity index (χ3v) is 4.28. The number of hydrogen-bond acceptors (Lipinski definition) is 4. The molecule has 0 spiro atoms. The summed E-state index contributed by atoms with van der Waals surface area (Å²) in [7, 11) is -3.43. The predicted octanol–water partition coefficient (Wildman–Crippen LogP) is 2.90. The van der Waals surface area contributed by atoms with Crippen LogP contribution in [-0.2, 0) is 14.6 Å². The van der Waals surface area contributed by atoms with Crippen LogP contribution in [0.25, 0.3) is 0 Å². The van der Waals surface area contributed by atoms with Crippen molar-refractivity contribution in [1.29, 1.82) is 0 Å². The Morgan fingerprint density at radius 1 is 1.26 bits per heavy atom. The summed E-state index contributed by atoms with van der Waals surface area (Å²) in [5.74, 6) is -1.24. The van der Waals surface area contributed by atoms with Crippen LogP contribution in [-0.4, -0.2) is 27.2 Å². The van der Waals surface area contributed by atoms with Crippen LogP contribution in [0.15, 0.2) is 47.4 Å². The molecular weight excluding hydrogens is 345 g/mol. The van der Waals surface area contributed by atoms with Gasteiger partial charge >= 0.3 is 0 Å². The first-order chi connectivity index (χ1) is 10.8. The van der Waals surface area contributed by atoms with Crippen molar-refractivity contribution in [1.82, 2.24) is 0 Å². The minimum Gasteiger partial charge on any atom is -0.481 e. The predicted molar refractivity (Wildman–Crippen MR) is 85.1 cm³/mol. The van der Waals surface area contributed by atoms with Crippen LogP contribution in [0.4, 0.5) is 10.1 Å². The zero-order valence-corrected chi connectivity index (χ0v) is 13.6. The van der Waals surface area contributed by atoms with Gasteiger partial charge in [-0.05, 0) is 30.3 Å². The van der Waals surface area contributed by atoms with Crippen LogP contribution in [0.3, 0.4) is 0 Å². The maximum absolute atomic E-state index is 13.4. The van der Waals surface area contributed by atoms with Gasteiger partial charge in [-0.15, -0.1) is 0 Å². The summed E-state index contributed by atoms with van der Waals surface area (Å²) in [5.41, 5.74) is 0.136. The third kappa shape index (κ3) is 4.67. The number of ether oxygens (including phenoxy) is 1. The molecule has 8 heteroatoms. The molecular formula is C15H13ClFNO4S. The molecule has 0 atom stereocenters. The number of hydrogen-bond donors (Lipinski definition) is 1. The first kappa shape index (κ1) is 17.2. The Labute approximate surface area is 138 Å². The van der Waals surface area contributed by atoms with Crippen molar-refractivity contribution in [2.75, 3.05) is 18.2 Å². The van der Waals surface area contributed by atoms with E-state index in [1.807, 2.05) is 0 Å². The molecule has 0 aliphatic heterocycles. The lowest BCUT2D eigenvalue weighted by Gasteiger charge is -2.10. The Bertz CT molecular complexity index is 839. The van der Waals surface area contributed by atoms with Crippen molar-refractivity contribution in [2.45, 2.75) is 4.90 Å². The summed E-state index contributed by atoms with van der Waals surface area (Å²) < 4.78 is 41.4.